The SMILES string of the molecule is Cc1c(-c2ccc(Oc3ccc4cc(F)cnc4c3)c(OC(F)(F)F)c2)sc2c1c(=O)[nH]c(=O)n2C[C@@H](O)C(F)(F)F. The topological polar surface area (TPSA) is 106 Å². The second-order valence-electron chi connectivity index (χ2n) is 8.98. The van der Waals surface area contributed by atoms with Gasteiger partial charge < -0.3 is 14.6 Å². The van der Waals surface area contributed by atoms with E-state index in [-0.39, 0.29) is 37.7 Å². The molecule has 3 heterocycles. The molecule has 8 nitrogen and oxygen atoms in total. The van der Waals surface area contributed by atoms with Crippen LogP contribution < -0.4 is 20.7 Å². The zero-order valence-corrected chi connectivity index (χ0v) is 21.7. The summed E-state index contributed by atoms with van der Waals surface area (Å²) in [6.45, 7) is 0.176. The second kappa shape index (κ2) is 10.4. The normalized spacial score (nSPS) is 13.1. The van der Waals surface area contributed by atoms with Crippen molar-refractivity contribution < 1.29 is 45.3 Å². The number of nitrogens with one attached hydrogen (secondary N) is 1. The van der Waals surface area contributed by atoms with Crippen LogP contribution in [0.1, 0.15) is 5.56 Å². The van der Waals surface area contributed by atoms with E-state index in [2.05, 4.69) is 9.72 Å². The van der Waals surface area contributed by atoms with Crippen molar-refractivity contribution in [2.45, 2.75) is 32.1 Å². The van der Waals surface area contributed by atoms with Crippen molar-refractivity contribution in [1.29, 1.82) is 0 Å². The second-order valence-corrected chi connectivity index (χ2v) is 9.98. The highest BCUT2D eigenvalue weighted by Gasteiger charge is 2.39. The number of halogens is 7. The van der Waals surface area contributed by atoms with Crippen molar-refractivity contribution in [2.75, 3.05) is 0 Å². The zero-order chi connectivity index (χ0) is 30.6. The van der Waals surface area contributed by atoms with Crippen LogP contribution in [-0.4, -0.2) is 38.3 Å². The molecule has 0 radical (unpaired) electrons. The molecule has 0 bridgehead atoms. The number of ether oxygens (including phenoxy) is 2. The Morgan fingerprint density at radius 2 is 1.79 bits per heavy atom. The monoisotopic (exact) mass is 615 g/mol. The minimum Gasteiger partial charge on any atom is -0.453 e. The molecule has 1 atom stereocenters. The maximum atomic E-state index is 13.4. The smallest absolute Gasteiger partial charge is 0.453 e. The first-order chi connectivity index (χ1) is 19.6. The van der Waals surface area contributed by atoms with Crippen molar-refractivity contribution in [3.8, 4) is 27.7 Å². The largest absolute Gasteiger partial charge is 0.573 e. The quantitative estimate of drug-likeness (QED) is 0.226. The molecule has 0 saturated heterocycles. The van der Waals surface area contributed by atoms with Crippen LogP contribution in [0.5, 0.6) is 17.2 Å². The number of thiophene rings is 1. The summed E-state index contributed by atoms with van der Waals surface area (Å²) in [6, 6.07) is 8.84. The number of alkyl halides is 6. The number of fused-ring (bicyclic) bond motifs is 2. The molecular weight excluding hydrogens is 599 g/mol. The molecule has 0 fully saturated rings. The third-order valence-corrected chi connectivity index (χ3v) is 7.44. The van der Waals surface area contributed by atoms with Crippen LogP contribution in [0.25, 0.3) is 31.6 Å². The Balaban J connectivity index is 1.60. The van der Waals surface area contributed by atoms with E-state index in [1.165, 1.54) is 37.3 Å². The number of rotatable bonds is 6. The van der Waals surface area contributed by atoms with Gasteiger partial charge in [-0.2, -0.15) is 13.2 Å². The molecule has 16 heteroatoms. The highest BCUT2D eigenvalue weighted by molar-refractivity contribution is 7.22. The first kappa shape index (κ1) is 29.1. The molecule has 42 heavy (non-hydrogen) atoms. The predicted octanol–water partition coefficient (Wildman–Crippen LogP) is 6.03. The van der Waals surface area contributed by atoms with Gasteiger partial charge in [0.25, 0.3) is 5.56 Å². The highest BCUT2D eigenvalue weighted by Crippen LogP contribution is 2.43. The molecule has 0 spiro atoms. The lowest BCUT2D eigenvalue weighted by atomic mass is 10.1. The number of nitrogens with zero attached hydrogens (tertiary/aromatic N) is 2. The Labute approximate surface area is 233 Å². The van der Waals surface area contributed by atoms with E-state index in [0.717, 1.165) is 18.3 Å². The van der Waals surface area contributed by atoms with E-state index >= 15 is 0 Å². The Bertz CT molecular complexity index is 1950. The summed E-state index contributed by atoms with van der Waals surface area (Å²) in [5, 5.41) is 9.76. The van der Waals surface area contributed by atoms with Crippen molar-refractivity contribution in [3.05, 3.63) is 80.9 Å². The fraction of sp³-hybridized carbons (Fsp3) is 0.192. The molecule has 0 aliphatic heterocycles. The van der Waals surface area contributed by atoms with Crippen molar-refractivity contribution in [1.82, 2.24) is 14.5 Å². The van der Waals surface area contributed by atoms with Crippen molar-refractivity contribution in [3.63, 3.8) is 0 Å². The minimum atomic E-state index is -5.15. The summed E-state index contributed by atoms with van der Waals surface area (Å²) in [7, 11) is 0. The van der Waals surface area contributed by atoms with Gasteiger partial charge >= 0.3 is 18.2 Å². The molecule has 0 unspecified atom stereocenters. The highest BCUT2D eigenvalue weighted by atomic mass is 32.1. The minimum absolute atomic E-state index is 0.0539. The summed E-state index contributed by atoms with van der Waals surface area (Å²) in [6.07, 6.45) is -12.2. The Hall–Kier alpha value is -4.44. The lowest BCUT2D eigenvalue weighted by molar-refractivity contribution is -0.275. The molecule has 5 rings (SSSR count). The Kier molecular flexibility index (Phi) is 7.22. The maximum Gasteiger partial charge on any atom is 0.573 e. The van der Waals surface area contributed by atoms with Crippen LogP contribution in [-0.2, 0) is 6.54 Å². The van der Waals surface area contributed by atoms with E-state index in [4.69, 9.17) is 4.74 Å². The number of H-pyrrole nitrogens is 1. The van der Waals surface area contributed by atoms with Gasteiger partial charge in [0.2, 0.25) is 0 Å². The van der Waals surface area contributed by atoms with E-state index in [0.29, 0.717) is 26.8 Å². The Morgan fingerprint density at radius 3 is 2.48 bits per heavy atom. The Morgan fingerprint density at radius 1 is 1.05 bits per heavy atom. The van der Waals surface area contributed by atoms with Gasteiger partial charge in [-0.3, -0.25) is 19.3 Å². The third-order valence-electron chi connectivity index (χ3n) is 6.08. The third kappa shape index (κ3) is 5.80. The van der Waals surface area contributed by atoms with E-state index in [9.17, 15) is 45.4 Å². The van der Waals surface area contributed by atoms with Gasteiger partial charge in [0, 0.05) is 16.3 Å². The zero-order valence-electron chi connectivity index (χ0n) is 20.9. The average molecular weight is 615 g/mol. The van der Waals surface area contributed by atoms with Crippen molar-refractivity contribution >= 4 is 32.5 Å². The molecule has 0 aliphatic carbocycles. The molecule has 3 aromatic heterocycles. The molecule has 220 valence electrons. The van der Waals surface area contributed by atoms with Crippen LogP contribution in [0.4, 0.5) is 30.7 Å². The van der Waals surface area contributed by atoms with Crippen LogP contribution in [0.2, 0.25) is 0 Å². The molecule has 0 aliphatic rings. The molecule has 0 saturated carbocycles. The lowest BCUT2D eigenvalue weighted by Gasteiger charge is -2.16. The standard InChI is InChI=1S/C26H16F7N3O5S/c1-11-20-22(38)35-24(39)36(10-19(37)25(28,29)30)23(20)42-21(11)13-3-5-17(18(7-13)41-26(31,32)33)40-15-4-2-12-6-14(27)9-34-16(12)8-15/h2-9,19,37H,10H2,1H3,(H,35,38,39)/t19-/m1/s1. The van der Waals surface area contributed by atoms with E-state index in [1.54, 1.807) is 0 Å². The summed E-state index contributed by atoms with van der Waals surface area (Å²) in [5.74, 6) is -1.69. The number of hydrogen-bond acceptors (Lipinski definition) is 7. The molecule has 0 amide bonds. The fourth-order valence-electron chi connectivity index (χ4n) is 4.20. The van der Waals surface area contributed by atoms with Gasteiger partial charge in [-0.25, -0.2) is 9.18 Å². The van der Waals surface area contributed by atoms with Crippen LogP contribution in [0, 0.1) is 12.7 Å². The number of aromatic amines is 1. The number of aryl methyl sites for hydroxylation is 1. The number of aliphatic hydroxyl groups excluding tert-OH is 1. The first-order valence-corrected chi connectivity index (χ1v) is 12.6. The molecule has 2 N–H and O–H groups in total. The molecule has 2 aromatic carbocycles. The number of pyridine rings is 1. The predicted molar refractivity (Wildman–Crippen MR) is 137 cm³/mol. The van der Waals surface area contributed by atoms with E-state index < -0.39 is 48.0 Å². The van der Waals surface area contributed by atoms with Gasteiger partial charge in [0.05, 0.1) is 23.6 Å². The molecular formula is C26H16F7N3O5S. The maximum absolute atomic E-state index is 13.4. The number of benzene rings is 2. The van der Waals surface area contributed by atoms with Gasteiger partial charge in [-0.1, -0.05) is 0 Å². The summed E-state index contributed by atoms with van der Waals surface area (Å²) in [4.78, 5) is 30.6. The number of aliphatic hydroxyl groups is 1. The van der Waals surface area contributed by atoms with Crippen molar-refractivity contribution in [2.24, 2.45) is 0 Å². The first-order valence-electron chi connectivity index (χ1n) is 11.7. The van der Waals surface area contributed by atoms with Gasteiger partial charge in [0.15, 0.2) is 17.6 Å². The average Bonchev–Trinajstić information content (AvgIpc) is 3.23. The fourth-order valence-corrected chi connectivity index (χ4v) is 5.50. The van der Waals surface area contributed by atoms with Crippen LogP contribution in [0.15, 0.2) is 58.3 Å². The van der Waals surface area contributed by atoms with Crippen LogP contribution >= 0.6 is 11.3 Å². The number of aromatic nitrogens is 3. The summed E-state index contributed by atoms with van der Waals surface area (Å²) in [5.41, 5.74) is -1.61. The van der Waals surface area contributed by atoms with E-state index in [1.807, 2.05) is 4.98 Å². The number of hydrogen-bond donors (Lipinski definition) is 2. The van der Waals surface area contributed by atoms with Gasteiger partial charge in [-0.15, -0.1) is 24.5 Å². The van der Waals surface area contributed by atoms with Gasteiger partial charge in [0.1, 0.15) is 16.4 Å². The summed E-state index contributed by atoms with van der Waals surface area (Å²) < 4.78 is 103. The van der Waals surface area contributed by atoms with Gasteiger partial charge in [-0.05, 0) is 54.4 Å². The molecule has 5 aromatic rings. The lowest BCUT2D eigenvalue weighted by Crippen LogP contribution is -2.38. The summed E-state index contributed by atoms with van der Waals surface area (Å²) >= 11 is 0.672. The van der Waals surface area contributed by atoms with Crippen LogP contribution in [0.3, 0.4) is 0 Å².